The molecular weight excluding hydrogens is 392 g/mol. The second-order valence-corrected chi connectivity index (χ2v) is 8.81. The van der Waals surface area contributed by atoms with Crippen molar-refractivity contribution >= 4 is 11.8 Å². The van der Waals surface area contributed by atoms with Gasteiger partial charge < -0.3 is 9.30 Å². The van der Waals surface area contributed by atoms with Crippen LogP contribution in [0.1, 0.15) is 50.7 Å². The zero-order valence-corrected chi connectivity index (χ0v) is 19.3. The summed E-state index contributed by atoms with van der Waals surface area (Å²) in [5, 5.41) is 0. The SMILES string of the molecule is CCCCc1cc(CCCC)cc(Sc2ccc(-n3ccn(C)c3=O)cc2OC)c1. The summed E-state index contributed by atoms with van der Waals surface area (Å²) in [6.45, 7) is 4.47. The van der Waals surface area contributed by atoms with Crippen LogP contribution in [0.4, 0.5) is 0 Å². The molecule has 0 spiro atoms. The number of rotatable bonds is 10. The van der Waals surface area contributed by atoms with E-state index in [-0.39, 0.29) is 5.69 Å². The Hall–Kier alpha value is -2.40. The first-order chi connectivity index (χ1) is 14.5. The molecule has 0 saturated carbocycles. The van der Waals surface area contributed by atoms with Crippen LogP contribution in [0.2, 0.25) is 0 Å². The Morgan fingerprint density at radius 3 is 2.13 bits per heavy atom. The molecule has 1 aromatic heterocycles. The second kappa shape index (κ2) is 10.6. The lowest BCUT2D eigenvalue weighted by Gasteiger charge is -2.13. The van der Waals surface area contributed by atoms with E-state index in [0.717, 1.165) is 29.2 Å². The van der Waals surface area contributed by atoms with Crippen molar-refractivity contribution in [3.8, 4) is 11.4 Å². The minimum absolute atomic E-state index is 0.0679. The smallest absolute Gasteiger partial charge is 0.332 e. The Balaban J connectivity index is 1.90. The number of hydrogen-bond acceptors (Lipinski definition) is 3. The Morgan fingerprint density at radius 1 is 0.933 bits per heavy atom. The van der Waals surface area contributed by atoms with Gasteiger partial charge in [0.1, 0.15) is 5.75 Å². The minimum atomic E-state index is -0.0679. The first kappa shape index (κ1) is 22.3. The van der Waals surface area contributed by atoms with Crippen LogP contribution < -0.4 is 10.4 Å². The Morgan fingerprint density at radius 2 is 1.60 bits per heavy atom. The lowest BCUT2D eigenvalue weighted by molar-refractivity contribution is 0.404. The summed E-state index contributed by atoms with van der Waals surface area (Å²) in [6, 6.07) is 12.9. The molecule has 0 aliphatic carbocycles. The molecule has 3 aromatic rings. The number of unbranched alkanes of at least 4 members (excludes halogenated alkanes) is 2. The van der Waals surface area contributed by atoms with Crippen molar-refractivity contribution < 1.29 is 4.74 Å². The normalized spacial score (nSPS) is 11.1. The summed E-state index contributed by atoms with van der Waals surface area (Å²) in [7, 11) is 3.43. The third-order valence-corrected chi connectivity index (χ3v) is 6.29. The van der Waals surface area contributed by atoms with Gasteiger partial charge in [-0.05, 0) is 61.1 Å². The molecule has 0 aliphatic heterocycles. The summed E-state index contributed by atoms with van der Waals surface area (Å²) < 4.78 is 8.87. The van der Waals surface area contributed by atoms with E-state index in [9.17, 15) is 4.79 Å². The van der Waals surface area contributed by atoms with Crippen LogP contribution >= 0.6 is 11.8 Å². The van der Waals surface area contributed by atoms with Gasteiger partial charge in [-0.2, -0.15) is 0 Å². The number of imidazole rings is 1. The molecule has 0 atom stereocenters. The van der Waals surface area contributed by atoms with E-state index in [2.05, 4.69) is 32.0 Å². The van der Waals surface area contributed by atoms with Gasteiger partial charge in [0, 0.05) is 30.4 Å². The van der Waals surface area contributed by atoms with Crippen molar-refractivity contribution in [1.29, 1.82) is 0 Å². The molecule has 0 radical (unpaired) electrons. The molecule has 0 unspecified atom stereocenters. The summed E-state index contributed by atoms with van der Waals surface area (Å²) in [5.74, 6) is 0.780. The summed E-state index contributed by atoms with van der Waals surface area (Å²) >= 11 is 1.73. The average Bonchev–Trinajstić information content (AvgIpc) is 3.09. The fourth-order valence-electron chi connectivity index (χ4n) is 3.52. The van der Waals surface area contributed by atoms with Gasteiger partial charge in [-0.25, -0.2) is 4.79 Å². The molecule has 0 fully saturated rings. The van der Waals surface area contributed by atoms with Crippen LogP contribution in [0.5, 0.6) is 5.75 Å². The number of benzene rings is 2. The third-order valence-electron chi connectivity index (χ3n) is 5.26. The molecule has 0 aliphatic rings. The van der Waals surface area contributed by atoms with Crippen molar-refractivity contribution in [1.82, 2.24) is 9.13 Å². The van der Waals surface area contributed by atoms with Crippen LogP contribution in [0.3, 0.4) is 0 Å². The van der Waals surface area contributed by atoms with E-state index in [1.165, 1.54) is 41.7 Å². The second-order valence-electron chi connectivity index (χ2n) is 7.69. The van der Waals surface area contributed by atoms with Crippen molar-refractivity contribution in [3.05, 3.63) is 70.4 Å². The topological polar surface area (TPSA) is 36.2 Å². The van der Waals surface area contributed by atoms with Crippen molar-refractivity contribution in [2.24, 2.45) is 7.05 Å². The fraction of sp³-hybridized carbons (Fsp3) is 0.400. The minimum Gasteiger partial charge on any atom is -0.495 e. The highest BCUT2D eigenvalue weighted by molar-refractivity contribution is 7.99. The van der Waals surface area contributed by atoms with E-state index in [1.54, 1.807) is 47.4 Å². The Labute approximate surface area is 183 Å². The largest absolute Gasteiger partial charge is 0.495 e. The van der Waals surface area contributed by atoms with E-state index in [0.29, 0.717) is 0 Å². The van der Waals surface area contributed by atoms with Crippen molar-refractivity contribution in [2.75, 3.05) is 7.11 Å². The first-order valence-corrected chi connectivity index (χ1v) is 11.6. The van der Waals surface area contributed by atoms with E-state index >= 15 is 0 Å². The van der Waals surface area contributed by atoms with Crippen LogP contribution in [-0.2, 0) is 19.9 Å². The first-order valence-electron chi connectivity index (χ1n) is 10.8. The maximum Gasteiger partial charge on any atom is 0.332 e. The number of aromatic nitrogens is 2. The maximum absolute atomic E-state index is 12.3. The molecule has 30 heavy (non-hydrogen) atoms. The number of hydrogen-bond donors (Lipinski definition) is 0. The van der Waals surface area contributed by atoms with Gasteiger partial charge in [-0.15, -0.1) is 0 Å². The van der Waals surface area contributed by atoms with Crippen molar-refractivity contribution in [3.63, 3.8) is 0 Å². The van der Waals surface area contributed by atoms with Gasteiger partial charge in [0.15, 0.2) is 0 Å². The van der Waals surface area contributed by atoms with Gasteiger partial charge >= 0.3 is 5.69 Å². The Bertz CT molecular complexity index is 1010. The lowest BCUT2D eigenvalue weighted by atomic mass is 10.0. The highest BCUT2D eigenvalue weighted by Gasteiger charge is 2.11. The quantitative estimate of drug-likeness (QED) is 0.399. The van der Waals surface area contributed by atoms with E-state index in [4.69, 9.17) is 4.74 Å². The van der Waals surface area contributed by atoms with E-state index in [1.807, 2.05) is 18.2 Å². The zero-order chi connectivity index (χ0) is 21.5. The summed E-state index contributed by atoms with van der Waals surface area (Å²) in [5.41, 5.74) is 3.57. The zero-order valence-electron chi connectivity index (χ0n) is 18.5. The van der Waals surface area contributed by atoms with Gasteiger partial charge in [0.05, 0.1) is 17.7 Å². The highest BCUT2D eigenvalue weighted by Crippen LogP contribution is 2.37. The lowest BCUT2D eigenvalue weighted by Crippen LogP contribution is -2.20. The van der Waals surface area contributed by atoms with Crippen LogP contribution in [0.25, 0.3) is 5.69 Å². The molecule has 3 rings (SSSR count). The maximum atomic E-state index is 12.3. The summed E-state index contributed by atoms with van der Waals surface area (Å²) in [6.07, 6.45) is 10.6. The summed E-state index contributed by atoms with van der Waals surface area (Å²) in [4.78, 5) is 14.6. The standard InChI is InChI=1S/C25H32N2O2S/c1-5-7-9-19-15-20(10-8-6-2)17-22(16-19)30-24-12-11-21(18-23(24)29-4)27-14-13-26(3)25(27)28/h11-18H,5-10H2,1-4H3. The monoisotopic (exact) mass is 424 g/mol. The van der Waals surface area contributed by atoms with Crippen LogP contribution in [0.15, 0.2) is 63.4 Å². The molecule has 1 heterocycles. The molecule has 0 amide bonds. The predicted octanol–water partition coefficient (Wildman–Crippen LogP) is 6.02. The van der Waals surface area contributed by atoms with Gasteiger partial charge in [0.2, 0.25) is 0 Å². The van der Waals surface area contributed by atoms with Gasteiger partial charge in [-0.1, -0.05) is 44.5 Å². The number of ether oxygens (including phenoxy) is 1. The molecule has 0 saturated heterocycles. The van der Waals surface area contributed by atoms with Crippen molar-refractivity contribution in [2.45, 2.75) is 62.2 Å². The molecule has 0 bridgehead atoms. The van der Waals surface area contributed by atoms with Gasteiger partial charge in [0.25, 0.3) is 0 Å². The predicted molar refractivity (Wildman–Crippen MR) is 125 cm³/mol. The van der Waals surface area contributed by atoms with Crippen LogP contribution in [-0.4, -0.2) is 16.2 Å². The third kappa shape index (κ3) is 5.39. The molecule has 160 valence electrons. The number of aryl methyl sites for hydroxylation is 3. The highest BCUT2D eigenvalue weighted by atomic mass is 32.2. The molecule has 5 heteroatoms. The molecule has 2 aromatic carbocycles. The Kier molecular flexibility index (Phi) is 7.86. The van der Waals surface area contributed by atoms with Gasteiger partial charge in [-0.3, -0.25) is 4.57 Å². The number of methoxy groups -OCH3 is 1. The van der Waals surface area contributed by atoms with E-state index < -0.39 is 0 Å². The average molecular weight is 425 g/mol. The molecular formula is C25H32N2O2S. The molecule has 4 nitrogen and oxygen atoms in total. The molecule has 0 N–H and O–H groups in total. The fourth-order valence-corrected chi connectivity index (χ4v) is 4.57. The van der Waals surface area contributed by atoms with Crippen LogP contribution in [0, 0.1) is 0 Å². The number of nitrogens with zero attached hydrogens (tertiary/aromatic N) is 2.